The van der Waals surface area contributed by atoms with Crippen LogP contribution in [0.2, 0.25) is 5.02 Å². The maximum absolute atomic E-state index is 13.1. The lowest BCUT2D eigenvalue weighted by molar-refractivity contribution is 0.0978. The maximum atomic E-state index is 13.1. The van der Waals surface area contributed by atoms with Crippen LogP contribution >= 0.6 is 23.8 Å². The monoisotopic (exact) mass is 391 g/mol. The summed E-state index contributed by atoms with van der Waals surface area (Å²) in [5, 5.41) is 5.71. The van der Waals surface area contributed by atoms with Crippen LogP contribution in [-0.4, -0.2) is 24.1 Å². The molecular formula is C19H19ClFN3OS. The Labute approximate surface area is 162 Å². The lowest BCUT2D eigenvalue weighted by Gasteiger charge is -2.28. The zero-order chi connectivity index (χ0) is 18.5. The fraction of sp³-hybridized carbons (Fsp3) is 0.263. The highest BCUT2D eigenvalue weighted by molar-refractivity contribution is 7.80. The topological polar surface area (TPSA) is 44.4 Å². The van der Waals surface area contributed by atoms with E-state index in [9.17, 15) is 9.18 Å². The van der Waals surface area contributed by atoms with Gasteiger partial charge in [0.2, 0.25) is 0 Å². The van der Waals surface area contributed by atoms with Crippen molar-refractivity contribution in [1.82, 2.24) is 5.32 Å². The summed E-state index contributed by atoms with van der Waals surface area (Å²) in [7, 11) is 0. The van der Waals surface area contributed by atoms with Crippen LogP contribution in [0, 0.1) is 5.82 Å². The first-order chi connectivity index (χ1) is 12.5. The second-order valence-electron chi connectivity index (χ2n) is 6.13. The molecule has 0 saturated carbocycles. The first kappa shape index (κ1) is 18.6. The molecule has 0 unspecified atom stereocenters. The molecular weight excluding hydrogens is 373 g/mol. The van der Waals surface area contributed by atoms with Crippen LogP contribution < -0.4 is 15.5 Å². The van der Waals surface area contributed by atoms with Gasteiger partial charge >= 0.3 is 0 Å². The van der Waals surface area contributed by atoms with Crippen LogP contribution in [0.5, 0.6) is 0 Å². The highest BCUT2D eigenvalue weighted by Crippen LogP contribution is 2.22. The molecule has 7 heteroatoms. The van der Waals surface area contributed by atoms with Crippen LogP contribution in [0.3, 0.4) is 0 Å². The Morgan fingerprint density at radius 3 is 2.42 bits per heavy atom. The summed E-state index contributed by atoms with van der Waals surface area (Å²) in [6.45, 7) is 2.17. The molecule has 0 bridgehead atoms. The van der Waals surface area contributed by atoms with Gasteiger partial charge in [-0.05, 0) is 73.9 Å². The number of carbonyl (C=O) groups excluding carboxylic acids is 1. The number of hydrogen-bond acceptors (Lipinski definition) is 3. The average Bonchev–Trinajstić information content (AvgIpc) is 2.63. The van der Waals surface area contributed by atoms with E-state index in [1.165, 1.54) is 37.1 Å². The van der Waals surface area contributed by atoms with E-state index in [0.29, 0.717) is 0 Å². The minimum absolute atomic E-state index is 0.0381. The summed E-state index contributed by atoms with van der Waals surface area (Å²) in [4.78, 5) is 14.6. The molecule has 0 atom stereocenters. The molecule has 4 nitrogen and oxygen atoms in total. The summed E-state index contributed by atoms with van der Waals surface area (Å²) in [6.07, 6.45) is 3.74. The highest BCUT2D eigenvalue weighted by Gasteiger charge is 2.13. The minimum atomic E-state index is -0.499. The molecule has 2 N–H and O–H groups in total. The predicted molar refractivity (Wildman–Crippen MR) is 108 cm³/mol. The smallest absolute Gasteiger partial charge is 0.258 e. The molecule has 2 aromatic carbocycles. The van der Waals surface area contributed by atoms with Crippen molar-refractivity contribution in [2.45, 2.75) is 19.3 Å². The number of rotatable bonds is 3. The number of thiocarbonyl (C=S) groups is 1. The van der Waals surface area contributed by atoms with Crippen LogP contribution in [-0.2, 0) is 0 Å². The Balaban J connectivity index is 1.58. The number of halogens is 2. The van der Waals surface area contributed by atoms with Crippen LogP contribution in [0.15, 0.2) is 42.5 Å². The van der Waals surface area contributed by atoms with Crippen LogP contribution in [0.1, 0.15) is 29.6 Å². The molecule has 1 saturated heterocycles. The fourth-order valence-corrected chi connectivity index (χ4v) is 3.38. The first-order valence-corrected chi connectivity index (χ1v) is 9.24. The second-order valence-corrected chi connectivity index (χ2v) is 6.94. The van der Waals surface area contributed by atoms with Gasteiger partial charge in [-0.1, -0.05) is 11.6 Å². The third-order valence-corrected chi connectivity index (χ3v) is 4.77. The summed E-state index contributed by atoms with van der Waals surface area (Å²) in [5.74, 6) is -0.988. The number of piperidine rings is 1. The van der Waals surface area contributed by atoms with Crippen molar-refractivity contribution in [3.8, 4) is 0 Å². The van der Waals surface area contributed by atoms with E-state index >= 15 is 0 Å². The number of nitrogens with one attached hydrogen (secondary N) is 2. The van der Waals surface area contributed by atoms with Gasteiger partial charge < -0.3 is 10.2 Å². The molecule has 0 aliphatic carbocycles. The minimum Gasteiger partial charge on any atom is -0.372 e. The molecule has 1 aliphatic heterocycles. The first-order valence-electron chi connectivity index (χ1n) is 8.45. The van der Waals surface area contributed by atoms with Gasteiger partial charge in [0.1, 0.15) is 5.82 Å². The standard InChI is InChI=1S/C19H19ClFN3OS/c20-17-12-13(21)4-9-16(17)18(25)23-19(26)22-14-5-7-15(8-6-14)24-10-2-1-3-11-24/h4-9,12H,1-3,10-11H2,(H2,22,23,25,26). The van der Waals surface area contributed by atoms with E-state index < -0.39 is 11.7 Å². The van der Waals surface area contributed by atoms with E-state index in [-0.39, 0.29) is 15.7 Å². The third kappa shape index (κ3) is 4.71. The number of carbonyl (C=O) groups is 1. The molecule has 3 rings (SSSR count). The highest BCUT2D eigenvalue weighted by atomic mass is 35.5. The van der Waals surface area contributed by atoms with Gasteiger partial charge in [-0.2, -0.15) is 0 Å². The van der Waals surface area contributed by atoms with Crippen molar-refractivity contribution in [2.24, 2.45) is 0 Å². The van der Waals surface area contributed by atoms with Gasteiger partial charge in [-0.3, -0.25) is 10.1 Å². The molecule has 1 heterocycles. The summed E-state index contributed by atoms with van der Waals surface area (Å²) < 4.78 is 13.1. The molecule has 136 valence electrons. The van der Waals surface area contributed by atoms with Crippen molar-refractivity contribution < 1.29 is 9.18 Å². The number of benzene rings is 2. The molecule has 1 amide bonds. The molecule has 1 aliphatic rings. The van der Waals surface area contributed by atoms with Crippen molar-refractivity contribution in [1.29, 1.82) is 0 Å². The van der Waals surface area contributed by atoms with Gasteiger partial charge in [0.25, 0.3) is 5.91 Å². The van der Waals surface area contributed by atoms with Crippen molar-refractivity contribution in [3.63, 3.8) is 0 Å². The van der Waals surface area contributed by atoms with Crippen molar-refractivity contribution in [3.05, 3.63) is 58.9 Å². The summed E-state index contributed by atoms with van der Waals surface area (Å²) in [6, 6.07) is 11.5. The normalized spacial score (nSPS) is 14.0. The molecule has 26 heavy (non-hydrogen) atoms. The number of amides is 1. The molecule has 2 aromatic rings. The number of nitrogens with zero attached hydrogens (tertiary/aromatic N) is 1. The summed E-state index contributed by atoms with van der Waals surface area (Å²) in [5.41, 5.74) is 2.13. The summed E-state index contributed by atoms with van der Waals surface area (Å²) >= 11 is 11.1. The van der Waals surface area contributed by atoms with Gasteiger partial charge in [0.05, 0.1) is 10.6 Å². The van der Waals surface area contributed by atoms with E-state index in [2.05, 4.69) is 15.5 Å². The quantitative estimate of drug-likeness (QED) is 0.751. The Morgan fingerprint density at radius 2 is 1.77 bits per heavy atom. The Kier molecular flexibility index (Phi) is 6.06. The third-order valence-electron chi connectivity index (χ3n) is 4.25. The van der Waals surface area contributed by atoms with E-state index in [1.54, 1.807) is 0 Å². The van der Waals surface area contributed by atoms with E-state index in [4.69, 9.17) is 23.8 Å². The molecule has 0 aromatic heterocycles. The predicted octanol–water partition coefficient (Wildman–Crippen LogP) is 4.60. The fourth-order valence-electron chi connectivity index (χ4n) is 2.91. The van der Waals surface area contributed by atoms with Gasteiger partial charge in [0.15, 0.2) is 5.11 Å². The van der Waals surface area contributed by atoms with E-state index in [0.717, 1.165) is 24.8 Å². The van der Waals surface area contributed by atoms with Crippen molar-refractivity contribution >= 4 is 46.2 Å². The van der Waals surface area contributed by atoms with E-state index in [1.807, 2.05) is 24.3 Å². The SMILES string of the molecule is O=C(NC(=S)Nc1ccc(N2CCCCC2)cc1)c1ccc(F)cc1Cl. The lowest BCUT2D eigenvalue weighted by Crippen LogP contribution is -2.34. The Bertz CT molecular complexity index is 807. The molecule has 0 radical (unpaired) electrons. The Hall–Kier alpha value is -2.18. The van der Waals surface area contributed by atoms with Gasteiger partial charge in [-0.15, -0.1) is 0 Å². The van der Waals surface area contributed by atoms with Crippen molar-refractivity contribution in [2.75, 3.05) is 23.3 Å². The number of anilines is 2. The largest absolute Gasteiger partial charge is 0.372 e. The molecule has 0 spiro atoms. The Morgan fingerprint density at radius 1 is 1.08 bits per heavy atom. The zero-order valence-electron chi connectivity index (χ0n) is 14.1. The average molecular weight is 392 g/mol. The van der Waals surface area contributed by atoms with Crippen LogP contribution in [0.4, 0.5) is 15.8 Å². The lowest BCUT2D eigenvalue weighted by atomic mass is 10.1. The van der Waals surface area contributed by atoms with Gasteiger partial charge in [0, 0.05) is 24.5 Å². The van der Waals surface area contributed by atoms with Crippen LogP contribution in [0.25, 0.3) is 0 Å². The maximum Gasteiger partial charge on any atom is 0.258 e. The zero-order valence-corrected chi connectivity index (χ0v) is 15.7. The second kappa shape index (κ2) is 8.47. The number of hydrogen-bond donors (Lipinski definition) is 2. The molecule has 1 fully saturated rings. The van der Waals surface area contributed by atoms with Gasteiger partial charge in [-0.25, -0.2) is 4.39 Å².